The molecule has 18 heavy (non-hydrogen) atoms. The quantitative estimate of drug-likeness (QED) is 0.789. The van der Waals surface area contributed by atoms with E-state index in [-0.39, 0.29) is 5.54 Å². The molecule has 0 aliphatic heterocycles. The van der Waals surface area contributed by atoms with Crippen LogP contribution in [0.15, 0.2) is 6.20 Å². The van der Waals surface area contributed by atoms with Crippen LogP contribution in [0.2, 0.25) is 0 Å². The molecule has 0 saturated carbocycles. The Balaban J connectivity index is 2.78. The smallest absolute Gasteiger partial charge is 0.0843 e. The Morgan fingerprint density at radius 2 is 2.11 bits per heavy atom. The third kappa shape index (κ3) is 3.78. The molecule has 1 rings (SSSR count). The molecule has 104 valence electrons. The Bertz CT molecular complexity index is 356. The van der Waals surface area contributed by atoms with Crippen LogP contribution in [-0.2, 0) is 13.5 Å². The van der Waals surface area contributed by atoms with Crippen molar-refractivity contribution in [1.82, 2.24) is 25.2 Å². The first-order chi connectivity index (χ1) is 8.37. The predicted molar refractivity (Wildman–Crippen MR) is 74.6 cm³/mol. The van der Waals surface area contributed by atoms with Gasteiger partial charge in [-0.3, -0.25) is 4.68 Å². The van der Waals surface area contributed by atoms with Gasteiger partial charge in [-0.05, 0) is 40.9 Å². The maximum atomic E-state index is 4.19. The first kappa shape index (κ1) is 15.1. The van der Waals surface area contributed by atoms with Gasteiger partial charge >= 0.3 is 0 Å². The maximum absolute atomic E-state index is 4.19. The summed E-state index contributed by atoms with van der Waals surface area (Å²) in [6.07, 6.45) is 4.03. The van der Waals surface area contributed by atoms with Crippen LogP contribution >= 0.6 is 0 Å². The first-order valence-corrected chi connectivity index (χ1v) is 6.64. The Hall–Kier alpha value is -0.940. The van der Waals surface area contributed by atoms with Gasteiger partial charge in [0.1, 0.15) is 0 Å². The zero-order chi connectivity index (χ0) is 13.8. The number of hydrogen-bond acceptors (Lipinski definition) is 4. The number of hydrogen-bond donors (Lipinski definition) is 1. The highest BCUT2D eigenvalue weighted by Gasteiger charge is 2.31. The lowest BCUT2D eigenvalue weighted by atomic mass is 9.89. The van der Waals surface area contributed by atoms with Crippen LogP contribution in [-0.4, -0.2) is 52.1 Å². The Labute approximate surface area is 111 Å². The molecule has 0 aliphatic carbocycles. The van der Waals surface area contributed by atoms with Gasteiger partial charge in [-0.15, -0.1) is 5.10 Å². The third-order valence-corrected chi connectivity index (χ3v) is 3.71. The van der Waals surface area contributed by atoms with Crippen LogP contribution in [0.3, 0.4) is 0 Å². The van der Waals surface area contributed by atoms with Crippen molar-refractivity contribution in [3.05, 3.63) is 11.9 Å². The van der Waals surface area contributed by atoms with Gasteiger partial charge in [0.2, 0.25) is 0 Å². The minimum Gasteiger partial charge on any atom is -0.312 e. The molecule has 1 atom stereocenters. The number of nitrogens with zero attached hydrogens (tertiary/aromatic N) is 4. The molecule has 1 N–H and O–H groups in total. The van der Waals surface area contributed by atoms with Crippen molar-refractivity contribution >= 4 is 0 Å². The van der Waals surface area contributed by atoms with E-state index in [2.05, 4.69) is 55.4 Å². The van der Waals surface area contributed by atoms with Crippen LogP contribution in [0.1, 0.15) is 32.9 Å². The van der Waals surface area contributed by atoms with Gasteiger partial charge in [0.15, 0.2) is 0 Å². The van der Waals surface area contributed by atoms with E-state index in [9.17, 15) is 0 Å². The zero-order valence-electron chi connectivity index (χ0n) is 12.6. The summed E-state index contributed by atoms with van der Waals surface area (Å²) < 4.78 is 1.76. The highest BCUT2D eigenvalue weighted by atomic mass is 15.4. The van der Waals surface area contributed by atoms with E-state index in [1.807, 2.05) is 13.2 Å². The van der Waals surface area contributed by atoms with E-state index in [0.717, 1.165) is 25.1 Å². The molecule has 1 aromatic heterocycles. The van der Waals surface area contributed by atoms with Crippen LogP contribution in [0, 0.1) is 0 Å². The fourth-order valence-electron chi connectivity index (χ4n) is 1.90. The molecule has 5 heteroatoms. The lowest BCUT2D eigenvalue weighted by Gasteiger charge is -2.40. The zero-order valence-corrected chi connectivity index (χ0v) is 12.6. The highest BCUT2D eigenvalue weighted by Crippen LogP contribution is 2.19. The summed E-state index contributed by atoms with van der Waals surface area (Å²) in [4.78, 5) is 2.26. The van der Waals surface area contributed by atoms with E-state index >= 15 is 0 Å². The Morgan fingerprint density at radius 3 is 2.56 bits per heavy atom. The van der Waals surface area contributed by atoms with E-state index in [1.165, 1.54) is 0 Å². The molecule has 1 unspecified atom stereocenters. The topological polar surface area (TPSA) is 46.0 Å². The molecule has 0 saturated heterocycles. The number of likely N-dealkylation sites (N-methyl/N-ethyl adjacent to an activating group) is 1. The lowest BCUT2D eigenvalue weighted by molar-refractivity contribution is 0.136. The van der Waals surface area contributed by atoms with Crippen LogP contribution in [0.5, 0.6) is 0 Å². The number of nitrogens with one attached hydrogen (secondary N) is 1. The van der Waals surface area contributed by atoms with Gasteiger partial charge in [0.05, 0.1) is 5.69 Å². The fourth-order valence-corrected chi connectivity index (χ4v) is 1.90. The average molecular weight is 253 g/mol. The summed E-state index contributed by atoms with van der Waals surface area (Å²) in [6, 6.07) is 0.365. The Morgan fingerprint density at radius 1 is 1.44 bits per heavy atom. The summed E-state index contributed by atoms with van der Waals surface area (Å²) >= 11 is 0. The molecule has 0 radical (unpaired) electrons. The van der Waals surface area contributed by atoms with Crippen LogP contribution in [0.25, 0.3) is 0 Å². The second-order valence-corrected chi connectivity index (χ2v) is 5.64. The summed E-state index contributed by atoms with van der Waals surface area (Å²) in [5, 5.41) is 11.8. The standard InChI is InChI=1S/C13H27N5/c1-7-8-14-12(13(2,3)17(4)5)9-11-10-18(6)16-15-11/h10,12,14H,7-9H2,1-6H3. The van der Waals surface area contributed by atoms with Crippen molar-refractivity contribution < 1.29 is 0 Å². The number of aromatic nitrogens is 3. The van der Waals surface area contributed by atoms with Crippen molar-refractivity contribution in [2.24, 2.45) is 7.05 Å². The molecule has 0 fully saturated rings. The summed E-state index contributed by atoms with van der Waals surface area (Å²) in [7, 11) is 6.15. The SMILES string of the molecule is CCCNC(Cc1cn(C)nn1)C(C)(C)N(C)C. The summed E-state index contributed by atoms with van der Waals surface area (Å²) in [5.41, 5.74) is 1.12. The first-order valence-electron chi connectivity index (χ1n) is 6.64. The van der Waals surface area contributed by atoms with E-state index in [4.69, 9.17) is 0 Å². The normalized spacial score (nSPS) is 14.2. The molecule has 0 spiro atoms. The molecule has 0 bridgehead atoms. The molecule has 0 aromatic carbocycles. The van der Waals surface area contributed by atoms with Gasteiger partial charge in [0, 0.05) is 31.2 Å². The second-order valence-electron chi connectivity index (χ2n) is 5.64. The maximum Gasteiger partial charge on any atom is 0.0843 e. The molecule has 5 nitrogen and oxygen atoms in total. The molecule has 0 amide bonds. The minimum atomic E-state index is 0.0761. The van der Waals surface area contributed by atoms with Crippen LogP contribution < -0.4 is 5.32 Å². The number of aryl methyl sites for hydroxylation is 1. The number of rotatable bonds is 7. The third-order valence-electron chi connectivity index (χ3n) is 3.71. The van der Waals surface area contributed by atoms with E-state index in [1.54, 1.807) is 4.68 Å². The monoisotopic (exact) mass is 253 g/mol. The van der Waals surface area contributed by atoms with Crippen LogP contribution in [0.4, 0.5) is 0 Å². The van der Waals surface area contributed by atoms with Gasteiger partial charge in [0.25, 0.3) is 0 Å². The van der Waals surface area contributed by atoms with Gasteiger partial charge < -0.3 is 10.2 Å². The van der Waals surface area contributed by atoms with Gasteiger partial charge in [-0.25, -0.2) is 0 Å². The highest BCUT2D eigenvalue weighted by molar-refractivity contribution is 5.02. The molecule has 1 aromatic rings. The Kier molecular flexibility index (Phi) is 5.28. The van der Waals surface area contributed by atoms with Crippen molar-refractivity contribution in [3.63, 3.8) is 0 Å². The lowest BCUT2D eigenvalue weighted by Crippen LogP contribution is -2.56. The molecular weight excluding hydrogens is 226 g/mol. The molecule has 0 aliphatic rings. The minimum absolute atomic E-state index is 0.0761. The van der Waals surface area contributed by atoms with Crippen molar-refractivity contribution in [3.8, 4) is 0 Å². The van der Waals surface area contributed by atoms with Gasteiger partial charge in [-0.2, -0.15) is 0 Å². The average Bonchev–Trinajstić information content (AvgIpc) is 2.69. The van der Waals surface area contributed by atoms with Crippen molar-refractivity contribution in [1.29, 1.82) is 0 Å². The summed E-state index contributed by atoms with van der Waals surface area (Å²) in [6.45, 7) is 7.74. The largest absolute Gasteiger partial charge is 0.312 e. The molecular formula is C13H27N5. The van der Waals surface area contributed by atoms with Gasteiger partial charge in [-0.1, -0.05) is 12.1 Å². The molecule has 1 heterocycles. The predicted octanol–water partition coefficient (Wildman–Crippen LogP) is 1.07. The van der Waals surface area contributed by atoms with Crippen molar-refractivity contribution in [2.45, 2.75) is 45.2 Å². The summed E-state index contributed by atoms with van der Waals surface area (Å²) in [5.74, 6) is 0. The fraction of sp³-hybridized carbons (Fsp3) is 0.846. The van der Waals surface area contributed by atoms with E-state index in [0.29, 0.717) is 6.04 Å². The van der Waals surface area contributed by atoms with Crippen molar-refractivity contribution in [2.75, 3.05) is 20.6 Å². The second kappa shape index (κ2) is 6.29. The van der Waals surface area contributed by atoms with E-state index < -0.39 is 0 Å².